The maximum absolute atomic E-state index is 12.5. The highest BCUT2D eigenvalue weighted by atomic mass is 16.6. The fourth-order valence-electron chi connectivity index (χ4n) is 3.53. The molecular weight excluding hydrogens is 356 g/mol. The zero-order valence-corrected chi connectivity index (χ0v) is 16.3. The molecule has 0 atom stereocenters. The van der Waals surface area contributed by atoms with Crippen LogP contribution in [0.2, 0.25) is 0 Å². The molecule has 0 spiro atoms. The summed E-state index contributed by atoms with van der Waals surface area (Å²) in [6, 6.07) is 7.77. The van der Waals surface area contributed by atoms with E-state index in [0.717, 1.165) is 33.2 Å². The Morgan fingerprint density at radius 3 is 2.75 bits per heavy atom. The van der Waals surface area contributed by atoms with Crippen molar-refractivity contribution in [2.45, 2.75) is 39.8 Å². The van der Waals surface area contributed by atoms with Crippen LogP contribution >= 0.6 is 0 Å². The van der Waals surface area contributed by atoms with E-state index in [1.165, 1.54) is 6.33 Å². The van der Waals surface area contributed by atoms with E-state index in [9.17, 15) is 4.79 Å². The minimum absolute atomic E-state index is 0.0364. The van der Waals surface area contributed by atoms with Gasteiger partial charge in [-0.2, -0.15) is 0 Å². The molecule has 1 aromatic carbocycles. The van der Waals surface area contributed by atoms with E-state index in [1.54, 1.807) is 6.26 Å². The van der Waals surface area contributed by atoms with Crippen molar-refractivity contribution < 1.29 is 13.9 Å². The minimum atomic E-state index is -0.564. The average Bonchev–Trinajstić information content (AvgIpc) is 3.21. The van der Waals surface area contributed by atoms with Crippen LogP contribution in [0.3, 0.4) is 0 Å². The molecule has 2 N–H and O–H groups in total. The first-order valence-electron chi connectivity index (χ1n) is 9.03. The Balaban J connectivity index is 1.96. The molecule has 0 saturated heterocycles. The van der Waals surface area contributed by atoms with Gasteiger partial charge in [-0.25, -0.2) is 9.97 Å². The molecule has 4 rings (SSSR count). The van der Waals surface area contributed by atoms with Gasteiger partial charge in [0, 0.05) is 10.9 Å². The Kier molecular flexibility index (Phi) is 4.10. The van der Waals surface area contributed by atoms with Crippen molar-refractivity contribution in [2.24, 2.45) is 0 Å². The number of nitrogens with zero attached hydrogens (tertiary/aromatic N) is 3. The van der Waals surface area contributed by atoms with Crippen molar-refractivity contribution >= 4 is 33.7 Å². The highest BCUT2D eigenvalue weighted by molar-refractivity contribution is 6.13. The van der Waals surface area contributed by atoms with E-state index in [2.05, 4.69) is 9.97 Å². The van der Waals surface area contributed by atoms with Crippen LogP contribution in [0.5, 0.6) is 0 Å². The van der Waals surface area contributed by atoms with E-state index in [4.69, 9.17) is 14.9 Å². The van der Waals surface area contributed by atoms with Crippen molar-refractivity contribution in [3.8, 4) is 11.3 Å². The van der Waals surface area contributed by atoms with E-state index < -0.39 is 5.60 Å². The number of ether oxygens (including phenoxy) is 1. The van der Waals surface area contributed by atoms with Gasteiger partial charge in [0.1, 0.15) is 35.7 Å². The highest BCUT2D eigenvalue weighted by Crippen LogP contribution is 2.36. The quantitative estimate of drug-likeness (QED) is 0.540. The van der Waals surface area contributed by atoms with E-state index in [1.807, 2.05) is 56.5 Å². The second kappa shape index (κ2) is 6.37. The van der Waals surface area contributed by atoms with Crippen LogP contribution in [-0.4, -0.2) is 26.1 Å². The summed E-state index contributed by atoms with van der Waals surface area (Å²) in [7, 11) is 0. The molecule has 4 aromatic rings. The number of hydrogen-bond acceptors (Lipinski definition) is 6. The van der Waals surface area contributed by atoms with Crippen molar-refractivity contribution in [3.05, 3.63) is 42.4 Å². The number of anilines is 1. The molecule has 0 unspecified atom stereocenters. The summed E-state index contributed by atoms with van der Waals surface area (Å²) in [5, 5.41) is 1.60. The van der Waals surface area contributed by atoms with Crippen LogP contribution < -0.4 is 5.73 Å². The average molecular weight is 378 g/mol. The van der Waals surface area contributed by atoms with Gasteiger partial charge in [-0.3, -0.25) is 4.79 Å². The fourth-order valence-corrected chi connectivity index (χ4v) is 3.53. The van der Waals surface area contributed by atoms with Crippen LogP contribution in [0.15, 0.2) is 41.3 Å². The Morgan fingerprint density at radius 2 is 2.07 bits per heavy atom. The van der Waals surface area contributed by atoms with Gasteiger partial charge in [0.2, 0.25) is 0 Å². The Bertz CT molecular complexity index is 1180. The maximum Gasteiger partial charge on any atom is 0.326 e. The summed E-state index contributed by atoms with van der Waals surface area (Å²) in [6.45, 7) is 7.56. The third kappa shape index (κ3) is 3.09. The van der Waals surface area contributed by atoms with Gasteiger partial charge in [0.15, 0.2) is 0 Å². The monoisotopic (exact) mass is 378 g/mol. The number of aromatic nitrogens is 3. The second-order valence-corrected chi connectivity index (χ2v) is 7.80. The minimum Gasteiger partial charge on any atom is -0.464 e. The molecule has 0 amide bonds. The van der Waals surface area contributed by atoms with Crippen LogP contribution in [0.25, 0.3) is 33.3 Å². The van der Waals surface area contributed by atoms with Gasteiger partial charge in [-0.05, 0) is 57.5 Å². The maximum atomic E-state index is 12.5. The molecule has 144 valence electrons. The van der Waals surface area contributed by atoms with Gasteiger partial charge in [0.25, 0.3) is 0 Å². The third-order valence-corrected chi connectivity index (χ3v) is 4.46. The number of hydrogen-bond donors (Lipinski definition) is 1. The lowest BCUT2D eigenvalue weighted by Crippen LogP contribution is -2.26. The Morgan fingerprint density at radius 1 is 1.29 bits per heavy atom. The summed E-state index contributed by atoms with van der Waals surface area (Å²) >= 11 is 0. The molecule has 0 aliphatic heterocycles. The summed E-state index contributed by atoms with van der Waals surface area (Å²) in [4.78, 5) is 21.1. The molecule has 7 heteroatoms. The molecule has 3 heterocycles. The standard InChI is InChI=1S/C21H22N4O3/c1-12-8-13(15-6-5-7-27-15)9-14-17-19(22)23-11-24-20(17)25(18(12)14)10-16(26)28-21(2,3)4/h5-9,11H,10H2,1-4H3,(H2,22,23,24). The molecular formula is C21H22N4O3. The second-order valence-electron chi connectivity index (χ2n) is 7.80. The van der Waals surface area contributed by atoms with Crippen molar-refractivity contribution in [1.82, 2.24) is 14.5 Å². The van der Waals surface area contributed by atoms with Crippen molar-refractivity contribution in [2.75, 3.05) is 5.73 Å². The normalized spacial score (nSPS) is 12.0. The number of carbonyl (C=O) groups is 1. The number of rotatable bonds is 3. The van der Waals surface area contributed by atoms with Gasteiger partial charge >= 0.3 is 5.97 Å². The predicted molar refractivity (Wildman–Crippen MR) is 108 cm³/mol. The molecule has 3 aromatic heterocycles. The molecule has 0 aliphatic rings. The van der Waals surface area contributed by atoms with Crippen molar-refractivity contribution in [3.63, 3.8) is 0 Å². The molecule has 28 heavy (non-hydrogen) atoms. The van der Waals surface area contributed by atoms with Crippen LogP contribution in [0.4, 0.5) is 5.82 Å². The molecule has 7 nitrogen and oxygen atoms in total. The fraction of sp³-hybridized carbons (Fsp3) is 0.286. The molecule has 0 radical (unpaired) electrons. The smallest absolute Gasteiger partial charge is 0.326 e. The number of nitrogen functional groups attached to an aromatic ring is 1. The lowest BCUT2D eigenvalue weighted by Gasteiger charge is -2.20. The first kappa shape index (κ1) is 18.0. The largest absolute Gasteiger partial charge is 0.464 e. The number of furan rings is 1. The lowest BCUT2D eigenvalue weighted by atomic mass is 10.0. The van der Waals surface area contributed by atoms with Crippen molar-refractivity contribution in [1.29, 1.82) is 0 Å². The van der Waals surface area contributed by atoms with Gasteiger partial charge in [-0.1, -0.05) is 0 Å². The summed E-state index contributed by atoms with van der Waals surface area (Å²) in [5.41, 5.74) is 9.00. The highest BCUT2D eigenvalue weighted by Gasteiger charge is 2.22. The third-order valence-electron chi connectivity index (χ3n) is 4.46. The van der Waals surface area contributed by atoms with Gasteiger partial charge in [0.05, 0.1) is 17.2 Å². The zero-order valence-electron chi connectivity index (χ0n) is 16.3. The van der Waals surface area contributed by atoms with Gasteiger partial charge in [-0.15, -0.1) is 0 Å². The number of nitrogens with two attached hydrogens (primary N) is 1. The Hall–Kier alpha value is -3.35. The van der Waals surface area contributed by atoms with Crippen LogP contribution in [0.1, 0.15) is 26.3 Å². The van der Waals surface area contributed by atoms with Gasteiger partial charge < -0.3 is 19.5 Å². The molecule has 0 fully saturated rings. The van der Waals surface area contributed by atoms with Crippen LogP contribution in [-0.2, 0) is 16.1 Å². The number of esters is 1. The number of benzene rings is 1. The predicted octanol–water partition coefficient (Wildman–Crippen LogP) is 4.08. The number of aryl methyl sites for hydroxylation is 1. The number of fused-ring (bicyclic) bond motifs is 3. The SMILES string of the molecule is Cc1cc(-c2ccco2)cc2c3c(N)ncnc3n(CC(=O)OC(C)(C)C)c12. The summed E-state index contributed by atoms with van der Waals surface area (Å²) in [6.07, 6.45) is 3.04. The van der Waals surface area contributed by atoms with Crippen LogP contribution in [0, 0.1) is 6.92 Å². The zero-order chi connectivity index (χ0) is 20.1. The first-order chi connectivity index (χ1) is 13.2. The molecule has 0 saturated carbocycles. The lowest BCUT2D eigenvalue weighted by molar-refractivity contribution is -0.155. The van der Waals surface area contributed by atoms with E-state index >= 15 is 0 Å². The first-order valence-corrected chi connectivity index (χ1v) is 9.03. The number of carbonyl (C=O) groups excluding carboxylic acids is 1. The molecule has 0 aliphatic carbocycles. The molecule has 0 bridgehead atoms. The van der Waals surface area contributed by atoms with E-state index in [-0.39, 0.29) is 12.5 Å². The summed E-state index contributed by atoms with van der Waals surface area (Å²) in [5.74, 6) is 0.792. The Labute approximate surface area is 162 Å². The topological polar surface area (TPSA) is 96.2 Å². The summed E-state index contributed by atoms with van der Waals surface area (Å²) < 4.78 is 12.9. The van der Waals surface area contributed by atoms with E-state index in [0.29, 0.717) is 11.5 Å².